The largest absolute Gasteiger partial charge is 0.318 e. The van der Waals surface area contributed by atoms with Crippen LogP contribution in [-0.4, -0.2) is 17.5 Å². The molecule has 0 radical (unpaired) electrons. The monoisotopic (exact) mass is 273 g/mol. The summed E-state index contributed by atoms with van der Waals surface area (Å²) in [6.45, 7) is 1.41. The third kappa shape index (κ3) is 2.95. The molecule has 2 aromatic rings. The summed E-state index contributed by atoms with van der Waals surface area (Å²) in [5.41, 5.74) is 0.736. The van der Waals surface area contributed by atoms with Crippen molar-refractivity contribution in [1.82, 2.24) is 0 Å². The highest BCUT2D eigenvalue weighted by Gasteiger charge is 2.18. The van der Waals surface area contributed by atoms with Gasteiger partial charge in [0.05, 0.1) is 10.6 Å². The number of Topliss-reactive ketones (excluding diaryl/α,β-unsaturated/α-hetero) is 2. The Bertz CT molecular complexity index is 632. The fraction of sp³-hybridized carbons (Fsp3) is 0.0714. The zero-order valence-electron chi connectivity index (χ0n) is 10.2. The minimum absolute atomic E-state index is 0.167. The molecule has 0 saturated carbocycles. The fourth-order valence-corrected chi connectivity index (χ4v) is 2.26. The van der Waals surface area contributed by atoms with Gasteiger partial charge in [-0.25, -0.2) is 0 Å². The van der Waals surface area contributed by atoms with Crippen LogP contribution in [0.2, 0.25) is 0 Å². The molecule has 0 spiro atoms. The minimum Gasteiger partial charge on any atom is -0.318 e. The minimum atomic E-state index is -0.740. The third-order valence-corrected chi connectivity index (χ3v) is 3.37. The first-order chi connectivity index (χ1) is 9.09. The SMILES string of the molecule is CC(=O)c1ccccc1NC(=O)C(=O)c1cccs1. The first-order valence-corrected chi connectivity index (χ1v) is 6.46. The zero-order valence-corrected chi connectivity index (χ0v) is 11.0. The average molecular weight is 273 g/mol. The van der Waals surface area contributed by atoms with Crippen molar-refractivity contribution in [3.63, 3.8) is 0 Å². The molecule has 19 heavy (non-hydrogen) atoms. The van der Waals surface area contributed by atoms with E-state index in [0.717, 1.165) is 0 Å². The van der Waals surface area contributed by atoms with Gasteiger partial charge in [-0.1, -0.05) is 18.2 Å². The van der Waals surface area contributed by atoms with E-state index in [1.54, 1.807) is 41.8 Å². The highest BCUT2D eigenvalue weighted by Crippen LogP contribution is 2.17. The normalized spacial score (nSPS) is 9.95. The highest BCUT2D eigenvalue weighted by molar-refractivity contribution is 7.13. The molecule has 1 N–H and O–H groups in total. The molecule has 0 bridgehead atoms. The number of carbonyl (C=O) groups excluding carboxylic acids is 3. The Labute approximate surface area is 114 Å². The van der Waals surface area contributed by atoms with Crippen LogP contribution < -0.4 is 5.32 Å². The molecule has 0 saturated heterocycles. The molecule has 96 valence electrons. The van der Waals surface area contributed by atoms with Crippen LogP contribution in [0, 0.1) is 0 Å². The molecule has 0 fully saturated rings. The summed E-state index contributed by atoms with van der Waals surface area (Å²) in [6.07, 6.45) is 0. The van der Waals surface area contributed by atoms with Crippen LogP contribution >= 0.6 is 11.3 Å². The Kier molecular flexibility index (Phi) is 3.87. The van der Waals surface area contributed by atoms with Gasteiger partial charge in [-0.2, -0.15) is 0 Å². The molecule has 2 rings (SSSR count). The molecule has 0 atom stereocenters. The lowest BCUT2D eigenvalue weighted by Crippen LogP contribution is -2.23. The summed E-state index contributed by atoms with van der Waals surface area (Å²) in [5.74, 6) is -1.51. The number of hydrogen-bond acceptors (Lipinski definition) is 4. The van der Waals surface area contributed by atoms with Crippen molar-refractivity contribution in [2.45, 2.75) is 6.92 Å². The maximum Gasteiger partial charge on any atom is 0.297 e. The predicted molar refractivity (Wildman–Crippen MR) is 73.7 cm³/mol. The van der Waals surface area contributed by atoms with Gasteiger partial charge in [-0.15, -0.1) is 11.3 Å². The number of anilines is 1. The first kappa shape index (κ1) is 13.2. The van der Waals surface area contributed by atoms with Crippen molar-refractivity contribution in [1.29, 1.82) is 0 Å². The molecule has 1 aromatic carbocycles. The first-order valence-electron chi connectivity index (χ1n) is 5.58. The van der Waals surface area contributed by atoms with E-state index in [1.807, 2.05) is 0 Å². The van der Waals surface area contributed by atoms with Gasteiger partial charge in [0.25, 0.3) is 11.7 Å². The summed E-state index contributed by atoms with van der Waals surface area (Å²) < 4.78 is 0. The number of amides is 1. The molecule has 4 nitrogen and oxygen atoms in total. The third-order valence-electron chi connectivity index (χ3n) is 2.51. The Morgan fingerprint density at radius 1 is 1.05 bits per heavy atom. The van der Waals surface area contributed by atoms with Crippen molar-refractivity contribution in [2.24, 2.45) is 0 Å². The standard InChI is InChI=1S/C14H11NO3S/c1-9(16)10-5-2-3-6-11(10)15-14(18)13(17)12-7-4-8-19-12/h2-8H,1H3,(H,15,18). The Morgan fingerprint density at radius 3 is 2.42 bits per heavy atom. The van der Waals surface area contributed by atoms with E-state index in [4.69, 9.17) is 0 Å². The number of para-hydroxylation sites is 1. The lowest BCUT2D eigenvalue weighted by molar-refractivity contribution is -0.112. The van der Waals surface area contributed by atoms with Gasteiger partial charge in [0, 0.05) is 5.56 Å². The van der Waals surface area contributed by atoms with Crippen molar-refractivity contribution >= 4 is 34.5 Å². The number of benzene rings is 1. The fourth-order valence-electron chi connectivity index (χ4n) is 1.60. The van der Waals surface area contributed by atoms with Crippen LogP contribution in [0.5, 0.6) is 0 Å². The van der Waals surface area contributed by atoms with Crippen LogP contribution in [-0.2, 0) is 4.79 Å². The van der Waals surface area contributed by atoms with Gasteiger partial charge in [0.1, 0.15) is 0 Å². The van der Waals surface area contributed by atoms with Crippen LogP contribution in [0.4, 0.5) is 5.69 Å². The van der Waals surface area contributed by atoms with E-state index < -0.39 is 11.7 Å². The van der Waals surface area contributed by atoms with Crippen LogP contribution in [0.3, 0.4) is 0 Å². The molecule has 1 amide bonds. The molecule has 1 heterocycles. The van der Waals surface area contributed by atoms with Crippen LogP contribution in [0.15, 0.2) is 41.8 Å². The second kappa shape index (κ2) is 5.58. The van der Waals surface area contributed by atoms with E-state index in [9.17, 15) is 14.4 Å². The molecule has 5 heteroatoms. The molecule has 0 aliphatic heterocycles. The predicted octanol–water partition coefficient (Wildman–Crippen LogP) is 2.77. The van der Waals surface area contributed by atoms with Gasteiger partial charge in [0.2, 0.25) is 0 Å². The van der Waals surface area contributed by atoms with Crippen molar-refractivity contribution in [3.8, 4) is 0 Å². The smallest absolute Gasteiger partial charge is 0.297 e. The van der Waals surface area contributed by atoms with Crippen molar-refractivity contribution < 1.29 is 14.4 Å². The van der Waals surface area contributed by atoms with E-state index in [1.165, 1.54) is 18.3 Å². The van der Waals surface area contributed by atoms with E-state index in [0.29, 0.717) is 16.1 Å². The molecule has 1 aromatic heterocycles. The van der Waals surface area contributed by atoms with E-state index in [-0.39, 0.29) is 5.78 Å². The van der Waals surface area contributed by atoms with Gasteiger partial charge in [0.15, 0.2) is 5.78 Å². The van der Waals surface area contributed by atoms with Crippen molar-refractivity contribution in [2.75, 3.05) is 5.32 Å². The topological polar surface area (TPSA) is 63.2 Å². The quantitative estimate of drug-likeness (QED) is 0.688. The van der Waals surface area contributed by atoms with E-state index in [2.05, 4.69) is 5.32 Å². The summed E-state index contributed by atoms with van der Waals surface area (Å²) in [7, 11) is 0. The lowest BCUT2D eigenvalue weighted by Gasteiger charge is -2.07. The number of rotatable bonds is 4. The highest BCUT2D eigenvalue weighted by atomic mass is 32.1. The van der Waals surface area contributed by atoms with Gasteiger partial charge in [-0.05, 0) is 30.5 Å². The molecular weight excluding hydrogens is 262 g/mol. The number of nitrogens with one attached hydrogen (secondary N) is 1. The molecule has 0 unspecified atom stereocenters. The number of hydrogen-bond donors (Lipinski definition) is 1. The second-order valence-corrected chi connectivity index (χ2v) is 4.81. The number of ketones is 2. The molecule has 0 aliphatic carbocycles. The van der Waals surface area contributed by atoms with E-state index >= 15 is 0 Å². The molecular formula is C14H11NO3S. The summed E-state index contributed by atoms with van der Waals surface area (Å²) in [4.78, 5) is 35.4. The lowest BCUT2D eigenvalue weighted by atomic mass is 10.1. The Hall–Kier alpha value is -2.27. The van der Waals surface area contributed by atoms with Gasteiger partial charge >= 0.3 is 0 Å². The number of thiophene rings is 1. The maximum absolute atomic E-state index is 11.8. The molecule has 0 aliphatic rings. The Balaban J connectivity index is 2.20. The number of carbonyl (C=O) groups is 3. The summed E-state index contributed by atoms with van der Waals surface area (Å²) >= 11 is 1.20. The zero-order chi connectivity index (χ0) is 13.8. The van der Waals surface area contributed by atoms with Crippen LogP contribution in [0.25, 0.3) is 0 Å². The van der Waals surface area contributed by atoms with Crippen LogP contribution in [0.1, 0.15) is 27.0 Å². The van der Waals surface area contributed by atoms with Crippen molar-refractivity contribution in [3.05, 3.63) is 52.2 Å². The second-order valence-electron chi connectivity index (χ2n) is 3.86. The summed E-state index contributed by atoms with van der Waals surface area (Å²) in [6, 6.07) is 9.88. The van der Waals surface area contributed by atoms with Gasteiger partial charge < -0.3 is 5.32 Å². The van der Waals surface area contributed by atoms with Gasteiger partial charge in [-0.3, -0.25) is 14.4 Å². The Morgan fingerprint density at radius 2 is 1.79 bits per heavy atom. The maximum atomic E-state index is 11.8. The summed E-state index contributed by atoms with van der Waals surface area (Å²) in [5, 5.41) is 4.20. The average Bonchev–Trinajstić information content (AvgIpc) is 2.92.